The molecule has 1 rings (SSSR count). The first-order valence-corrected chi connectivity index (χ1v) is 6.78. The molecule has 1 saturated heterocycles. The maximum atomic E-state index is 11.7. The van der Waals surface area contributed by atoms with Crippen molar-refractivity contribution in [3.8, 4) is 0 Å². The van der Waals surface area contributed by atoms with Crippen LogP contribution in [0.5, 0.6) is 0 Å². The highest BCUT2D eigenvalue weighted by molar-refractivity contribution is 5.81. The smallest absolute Gasteiger partial charge is 0.329 e. The molecular weight excluding hydrogens is 232 g/mol. The van der Waals surface area contributed by atoms with Crippen LogP contribution >= 0.6 is 0 Å². The summed E-state index contributed by atoms with van der Waals surface area (Å²) in [6.07, 6.45) is 3.39. The third kappa shape index (κ3) is 3.02. The molecule has 0 radical (unpaired) electrons. The molecule has 18 heavy (non-hydrogen) atoms. The van der Waals surface area contributed by atoms with E-state index in [0.29, 0.717) is 25.8 Å². The molecule has 104 valence electrons. The van der Waals surface area contributed by atoms with Gasteiger partial charge in [0.1, 0.15) is 5.54 Å². The predicted octanol–water partition coefficient (Wildman–Crippen LogP) is 1.18. The first kappa shape index (κ1) is 15.0. The van der Waals surface area contributed by atoms with Crippen molar-refractivity contribution in [3.05, 3.63) is 0 Å². The maximum Gasteiger partial charge on any atom is 0.329 e. The summed E-state index contributed by atoms with van der Waals surface area (Å²) in [6, 6.07) is 0. The fraction of sp³-hybridized carbons (Fsp3) is 0.846. The van der Waals surface area contributed by atoms with Gasteiger partial charge in [-0.1, -0.05) is 13.8 Å². The van der Waals surface area contributed by atoms with E-state index in [4.69, 9.17) is 0 Å². The van der Waals surface area contributed by atoms with Gasteiger partial charge in [-0.05, 0) is 38.8 Å². The van der Waals surface area contributed by atoms with Crippen molar-refractivity contribution in [1.82, 2.24) is 9.80 Å². The number of carboxylic acid groups (broad SMARTS) is 1. The second-order valence-corrected chi connectivity index (χ2v) is 4.92. The summed E-state index contributed by atoms with van der Waals surface area (Å²) >= 11 is 0. The van der Waals surface area contributed by atoms with E-state index in [-0.39, 0.29) is 0 Å². The number of carbonyl (C=O) groups excluding carboxylic acids is 1. The second kappa shape index (κ2) is 6.73. The molecule has 1 N–H and O–H groups in total. The number of likely N-dealkylation sites (tertiary alicyclic amines) is 1. The summed E-state index contributed by atoms with van der Waals surface area (Å²) in [5.41, 5.74) is -0.998. The van der Waals surface area contributed by atoms with Crippen LogP contribution in [0.25, 0.3) is 0 Å². The summed E-state index contributed by atoms with van der Waals surface area (Å²) < 4.78 is 0. The first-order chi connectivity index (χ1) is 8.60. The molecule has 0 aliphatic carbocycles. The fourth-order valence-electron chi connectivity index (χ4n) is 2.72. The Kier molecular flexibility index (Phi) is 5.59. The Morgan fingerprint density at radius 1 is 1.39 bits per heavy atom. The van der Waals surface area contributed by atoms with E-state index in [1.54, 1.807) is 0 Å². The lowest BCUT2D eigenvalue weighted by atomic mass is 9.88. The molecule has 0 spiro atoms. The molecule has 1 amide bonds. The minimum atomic E-state index is -0.998. The Morgan fingerprint density at radius 3 is 2.61 bits per heavy atom. The predicted molar refractivity (Wildman–Crippen MR) is 69.4 cm³/mol. The number of carbonyl (C=O) groups is 2. The molecule has 0 aromatic rings. The van der Waals surface area contributed by atoms with Gasteiger partial charge in [0, 0.05) is 13.1 Å². The summed E-state index contributed by atoms with van der Waals surface area (Å²) in [6.45, 7) is 7.16. The lowest BCUT2D eigenvalue weighted by Crippen LogP contribution is -2.55. The van der Waals surface area contributed by atoms with Gasteiger partial charge in [0.2, 0.25) is 6.41 Å². The zero-order valence-corrected chi connectivity index (χ0v) is 11.4. The van der Waals surface area contributed by atoms with E-state index in [0.717, 1.165) is 32.5 Å². The Hall–Kier alpha value is -1.10. The van der Waals surface area contributed by atoms with Gasteiger partial charge in [0.05, 0.1) is 0 Å². The SMILES string of the molecule is CCCN(C=O)C1(C(=O)O)CCCN(CC)CC1. The number of aliphatic carboxylic acids is 1. The van der Waals surface area contributed by atoms with Gasteiger partial charge in [0.15, 0.2) is 0 Å². The highest BCUT2D eigenvalue weighted by atomic mass is 16.4. The Balaban J connectivity index is 2.92. The van der Waals surface area contributed by atoms with E-state index in [1.165, 1.54) is 4.90 Å². The summed E-state index contributed by atoms with van der Waals surface area (Å²) in [4.78, 5) is 26.6. The van der Waals surface area contributed by atoms with E-state index < -0.39 is 11.5 Å². The molecule has 0 aromatic heterocycles. The van der Waals surface area contributed by atoms with E-state index in [2.05, 4.69) is 11.8 Å². The van der Waals surface area contributed by atoms with E-state index in [9.17, 15) is 14.7 Å². The van der Waals surface area contributed by atoms with Gasteiger partial charge in [-0.25, -0.2) is 4.79 Å². The molecule has 0 saturated carbocycles. The van der Waals surface area contributed by atoms with Gasteiger partial charge in [-0.2, -0.15) is 0 Å². The highest BCUT2D eigenvalue weighted by Crippen LogP contribution is 2.29. The van der Waals surface area contributed by atoms with Crippen LogP contribution in [0.1, 0.15) is 39.5 Å². The molecule has 1 atom stereocenters. The van der Waals surface area contributed by atoms with Gasteiger partial charge in [-0.3, -0.25) is 4.79 Å². The molecule has 5 heteroatoms. The van der Waals surface area contributed by atoms with Crippen molar-refractivity contribution in [1.29, 1.82) is 0 Å². The van der Waals surface area contributed by atoms with Gasteiger partial charge >= 0.3 is 5.97 Å². The zero-order valence-electron chi connectivity index (χ0n) is 11.4. The number of hydrogen-bond acceptors (Lipinski definition) is 3. The third-order valence-corrected chi connectivity index (χ3v) is 3.89. The summed E-state index contributed by atoms with van der Waals surface area (Å²) in [7, 11) is 0. The Morgan fingerprint density at radius 2 is 2.11 bits per heavy atom. The average Bonchev–Trinajstić information content (AvgIpc) is 2.59. The average molecular weight is 256 g/mol. The Labute approximate surface area is 109 Å². The van der Waals surface area contributed by atoms with Crippen molar-refractivity contribution < 1.29 is 14.7 Å². The van der Waals surface area contributed by atoms with Gasteiger partial charge in [-0.15, -0.1) is 0 Å². The number of hydrogen-bond donors (Lipinski definition) is 1. The van der Waals surface area contributed by atoms with E-state index >= 15 is 0 Å². The summed E-state index contributed by atoms with van der Waals surface area (Å²) in [5.74, 6) is -0.860. The van der Waals surface area contributed by atoms with Gasteiger partial charge in [0.25, 0.3) is 0 Å². The molecule has 1 aliphatic heterocycles. The first-order valence-electron chi connectivity index (χ1n) is 6.78. The molecule has 0 bridgehead atoms. The molecule has 0 aromatic carbocycles. The maximum absolute atomic E-state index is 11.7. The van der Waals surface area contributed by atoms with Crippen LogP contribution in [0.15, 0.2) is 0 Å². The number of amides is 1. The van der Waals surface area contributed by atoms with Crippen LogP contribution in [0.4, 0.5) is 0 Å². The van der Waals surface area contributed by atoms with Gasteiger partial charge < -0.3 is 14.9 Å². The number of rotatable bonds is 6. The van der Waals surface area contributed by atoms with Crippen LogP contribution in [0.3, 0.4) is 0 Å². The largest absolute Gasteiger partial charge is 0.479 e. The van der Waals surface area contributed by atoms with Crippen molar-refractivity contribution in [2.75, 3.05) is 26.2 Å². The molecule has 5 nitrogen and oxygen atoms in total. The minimum Gasteiger partial charge on any atom is -0.479 e. The Bertz CT molecular complexity index is 296. The van der Waals surface area contributed by atoms with E-state index in [1.807, 2.05) is 6.92 Å². The van der Waals surface area contributed by atoms with Crippen molar-refractivity contribution in [2.45, 2.75) is 45.1 Å². The summed E-state index contributed by atoms with van der Waals surface area (Å²) in [5, 5.41) is 9.58. The number of nitrogens with zero attached hydrogens (tertiary/aromatic N) is 2. The lowest BCUT2D eigenvalue weighted by Gasteiger charge is -2.37. The minimum absolute atomic E-state index is 0.516. The lowest BCUT2D eigenvalue weighted by molar-refractivity contribution is -0.156. The monoisotopic (exact) mass is 256 g/mol. The molecule has 1 unspecified atom stereocenters. The van der Waals surface area contributed by atoms with Crippen molar-refractivity contribution in [2.24, 2.45) is 0 Å². The quantitative estimate of drug-likeness (QED) is 0.725. The van der Waals surface area contributed by atoms with Crippen LogP contribution in [-0.2, 0) is 9.59 Å². The van der Waals surface area contributed by atoms with Crippen molar-refractivity contribution in [3.63, 3.8) is 0 Å². The second-order valence-electron chi connectivity index (χ2n) is 4.92. The molecule has 1 aliphatic rings. The molecule has 1 fully saturated rings. The highest BCUT2D eigenvalue weighted by Gasteiger charge is 2.44. The normalized spacial score (nSPS) is 25.4. The van der Waals surface area contributed by atoms with Crippen LogP contribution in [0.2, 0.25) is 0 Å². The van der Waals surface area contributed by atoms with Crippen LogP contribution in [-0.4, -0.2) is 59.0 Å². The fourth-order valence-corrected chi connectivity index (χ4v) is 2.72. The van der Waals surface area contributed by atoms with Crippen molar-refractivity contribution >= 4 is 12.4 Å². The molecule has 1 heterocycles. The number of carboxylic acids is 1. The third-order valence-electron chi connectivity index (χ3n) is 3.89. The zero-order chi connectivity index (χ0) is 13.6. The van der Waals surface area contributed by atoms with Crippen LogP contribution < -0.4 is 0 Å². The topological polar surface area (TPSA) is 60.9 Å². The standard InChI is InChI=1S/C13H24N2O3/c1-3-8-15(11-16)13(12(17)18)6-5-9-14(4-2)10-7-13/h11H,3-10H2,1-2H3,(H,17,18). The van der Waals surface area contributed by atoms with Crippen LogP contribution in [0, 0.1) is 0 Å². The molecular formula is C13H24N2O3.